The normalized spacial score (nSPS) is 19.9. The maximum Gasteiger partial charge on any atom is 0.306 e. The Kier molecular flexibility index (Phi) is 48.2. The van der Waals surface area contributed by atoms with Crippen LogP contribution in [0.25, 0.3) is 0 Å². The fourth-order valence-corrected chi connectivity index (χ4v) is 8.62. The van der Waals surface area contributed by atoms with Gasteiger partial charge in [-0.05, 0) is 109 Å². The Hall–Kier alpha value is -3.68. The summed E-state index contributed by atoms with van der Waals surface area (Å²) in [7, 11) is 0. The number of allylic oxidation sites excluding steroid dienone is 17. The van der Waals surface area contributed by atoms with E-state index in [1.165, 1.54) is 64.2 Å². The van der Waals surface area contributed by atoms with Crippen molar-refractivity contribution < 1.29 is 49.3 Å². The summed E-state index contributed by atoms with van der Waals surface area (Å²) in [6.07, 6.45) is 59.8. The van der Waals surface area contributed by atoms with Gasteiger partial charge in [-0.1, -0.05) is 220 Å². The lowest BCUT2D eigenvalue weighted by Crippen LogP contribution is -2.61. The largest absolute Gasteiger partial charge is 0.454 e. The molecule has 11 heteroatoms. The van der Waals surface area contributed by atoms with E-state index in [2.05, 4.69) is 123 Å². The number of aliphatic hydroxyl groups is 5. The Balaban J connectivity index is 2.76. The third-order valence-electron chi connectivity index (χ3n) is 13.4. The molecule has 1 amide bonds. The second-order valence-corrected chi connectivity index (χ2v) is 20.3. The van der Waals surface area contributed by atoms with Crippen molar-refractivity contribution in [3.63, 3.8) is 0 Å². The molecule has 1 aliphatic heterocycles. The Morgan fingerprint density at radius 1 is 0.526 bits per heavy atom. The highest BCUT2D eigenvalue weighted by Crippen LogP contribution is 2.26. The summed E-state index contributed by atoms with van der Waals surface area (Å²) in [5.74, 6) is -1.26. The van der Waals surface area contributed by atoms with Crippen LogP contribution < -0.4 is 5.32 Å². The van der Waals surface area contributed by atoms with Gasteiger partial charge in [-0.15, -0.1) is 0 Å². The average molecular weight is 1060 g/mol. The minimum absolute atomic E-state index is 0.0879. The van der Waals surface area contributed by atoms with Crippen molar-refractivity contribution in [3.8, 4) is 0 Å². The molecule has 1 aliphatic rings. The van der Waals surface area contributed by atoms with Crippen LogP contribution >= 0.6 is 0 Å². The third kappa shape index (κ3) is 39.6. The number of hydrogen-bond donors (Lipinski definition) is 6. The summed E-state index contributed by atoms with van der Waals surface area (Å²) in [4.78, 5) is 26.5. The van der Waals surface area contributed by atoms with Gasteiger partial charge in [0, 0.05) is 6.42 Å². The highest BCUT2D eigenvalue weighted by molar-refractivity contribution is 5.80. The van der Waals surface area contributed by atoms with Crippen LogP contribution in [0.5, 0.6) is 0 Å². The topological polar surface area (TPSA) is 175 Å². The number of rotatable bonds is 49. The Morgan fingerprint density at radius 2 is 0.947 bits per heavy atom. The smallest absolute Gasteiger partial charge is 0.306 e. The summed E-state index contributed by atoms with van der Waals surface area (Å²) in [6, 6.07) is -1.05. The summed E-state index contributed by atoms with van der Waals surface area (Å²) >= 11 is 0. The molecule has 0 aromatic carbocycles. The minimum atomic E-state index is -1.64. The van der Waals surface area contributed by atoms with Crippen LogP contribution in [-0.2, 0) is 23.8 Å². The van der Waals surface area contributed by atoms with Crippen molar-refractivity contribution in [3.05, 3.63) is 109 Å². The molecule has 1 saturated heterocycles. The predicted molar refractivity (Wildman–Crippen MR) is 315 cm³/mol. The van der Waals surface area contributed by atoms with Crippen LogP contribution in [0.4, 0.5) is 0 Å². The van der Waals surface area contributed by atoms with E-state index in [9.17, 15) is 35.1 Å². The van der Waals surface area contributed by atoms with E-state index in [1.54, 1.807) is 6.08 Å². The number of hydrogen-bond acceptors (Lipinski definition) is 10. The summed E-state index contributed by atoms with van der Waals surface area (Å²) in [5.41, 5.74) is 0. The van der Waals surface area contributed by atoms with E-state index in [0.717, 1.165) is 116 Å². The Labute approximate surface area is 462 Å². The molecule has 0 aliphatic carbocycles. The van der Waals surface area contributed by atoms with E-state index < -0.39 is 67.4 Å². The van der Waals surface area contributed by atoms with Crippen molar-refractivity contribution in [1.82, 2.24) is 5.32 Å². The number of aliphatic hydroxyl groups excluding tert-OH is 5. The summed E-state index contributed by atoms with van der Waals surface area (Å²) < 4.78 is 17.6. The van der Waals surface area contributed by atoms with Gasteiger partial charge in [-0.3, -0.25) is 9.59 Å². The molecular formula is C65H109NO10. The van der Waals surface area contributed by atoms with Gasteiger partial charge in [-0.2, -0.15) is 0 Å². The lowest BCUT2D eigenvalue weighted by Gasteiger charge is -2.41. The van der Waals surface area contributed by atoms with Crippen molar-refractivity contribution in [2.75, 3.05) is 13.2 Å². The number of esters is 1. The van der Waals surface area contributed by atoms with Gasteiger partial charge in [0.1, 0.15) is 24.4 Å². The molecule has 1 heterocycles. The molecule has 1 rings (SSSR count). The molecule has 1 fully saturated rings. The van der Waals surface area contributed by atoms with Crippen LogP contribution in [0.3, 0.4) is 0 Å². The van der Waals surface area contributed by atoms with Crippen molar-refractivity contribution >= 4 is 11.9 Å². The van der Waals surface area contributed by atoms with E-state index in [4.69, 9.17) is 14.2 Å². The van der Waals surface area contributed by atoms with Gasteiger partial charge in [0.2, 0.25) is 5.91 Å². The van der Waals surface area contributed by atoms with Gasteiger partial charge in [-0.25, -0.2) is 0 Å². The summed E-state index contributed by atoms with van der Waals surface area (Å²) in [6.45, 7) is 5.59. The first-order valence-corrected chi connectivity index (χ1v) is 30.2. The highest BCUT2D eigenvalue weighted by atomic mass is 16.7. The number of carbonyl (C=O) groups excluding carboxylic acids is 2. The standard InChI is InChI=1S/C65H109NO10/c1-4-7-10-13-16-19-22-25-27-29-31-32-34-37-40-43-46-49-52-58(69)64(73)66-56(57(68)51-48-45-42-39-36-24-21-18-15-12-9-6-3)55-74-65-63(62(72)61(71)59(54-67)75-65)76-60(70)53-50-47-44-41-38-35-33-30-28-26-23-20-17-14-11-8-5-2/h7,10,16-17,19-20,25-28,31-33,35,37,40,48,51,56-59,61-63,65,67-69,71-72H,4-6,8-9,11-15,18,21-24,29-30,34,36,38-39,41-47,49-50,52-55H2,1-3H3,(H,66,73)/b10-7-,19-16-,20-17-,27-25-,28-26-,32-31-,35-33-,40-37-,51-48+. The summed E-state index contributed by atoms with van der Waals surface area (Å²) in [5, 5.41) is 56.9. The SMILES string of the molecule is CC/C=C\C/C=C\C/C=C\C/C=C\C/C=C\CCCCC(O)C(=O)NC(COC1OC(CO)C(O)C(O)C1OC(=O)CCCCCC/C=C\C/C=C\C/C=C\CCCCC)C(O)/C=C/CCCCCCCCCCCC. The zero-order valence-electron chi connectivity index (χ0n) is 47.8. The molecule has 6 N–H and O–H groups in total. The first kappa shape index (κ1) is 70.3. The molecule has 0 spiro atoms. The first-order chi connectivity index (χ1) is 37.2. The minimum Gasteiger partial charge on any atom is -0.454 e. The van der Waals surface area contributed by atoms with Gasteiger partial charge in [0.15, 0.2) is 12.4 Å². The number of carbonyl (C=O) groups is 2. The molecule has 0 bridgehead atoms. The zero-order chi connectivity index (χ0) is 55.4. The van der Waals surface area contributed by atoms with Crippen molar-refractivity contribution in [2.24, 2.45) is 0 Å². The predicted octanol–water partition coefficient (Wildman–Crippen LogP) is 14.1. The highest BCUT2D eigenvalue weighted by Gasteiger charge is 2.47. The third-order valence-corrected chi connectivity index (χ3v) is 13.4. The van der Waals surface area contributed by atoms with Crippen LogP contribution in [-0.4, -0.2) is 99.6 Å². The van der Waals surface area contributed by atoms with Crippen molar-refractivity contribution in [2.45, 2.75) is 275 Å². The molecule has 76 heavy (non-hydrogen) atoms. The molecule has 0 radical (unpaired) electrons. The Bertz CT molecular complexity index is 1650. The molecule has 0 aromatic heterocycles. The molecule has 8 unspecified atom stereocenters. The first-order valence-electron chi connectivity index (χ1n) is 30.2. The van der Waals surface area contributed by atoms with E-state index in [0.29, 0.717) is 12.8 Å². The number of amides is 1. The fraction of sp³-hybridized carbons (Fsp3) is 0.692. The maximum atomic E-state index is 13.4. The van der Waals surface area contributed by atoms with Gasteiger partial charge >= 0.3 is 5.97 Å². The van der Waals surface area contributed by atoms with Crippen LogP contribution in [0.15, 0.2) is 109 Å². The molecule has 434 valence electrons. The average Bonchev–Trinajstić information content (AvgIpc) is 3.42. The maximum absolute atomic E-state index is 13.4. The second-order valence-electron chi connectivity index (χ2n) is 20.3. The van der Waals surface area contributed by atoms with E-state index in [-0.39, 0.29) is 19.4 Å². The van der Waals surface area contributed by atoms with Gasteiger partial charge in [0.05, 0.1) is 25.4 Å². The zero-order valence-corrected chi connectivity index (χ0v) is 47.8. The molecule has 0 saturated carbocycles. The number of ether oxygens (including phenoxy) is 3. The molecule has 0 aromatic rings. The van der Waals surface area contributed by atoms with Crippen LogP contribution in [0, 0.1) is 0 Å². The number of unbranched alkanes of at least 4 members (excludes halogenated alkanes) is 19. The van der Waals surface area contributed by atoms with E-state index >= 15 is 0 Å². The van der Waals surface area contributed by atoms with Gasteiger partial charge < -0.3 is 45.1 Å². The van der Waals surface area contributed by atoms with Crippen LogP contribution in [0.1, 0.15) is 226 Å². The molecular weight excluding hydrogens is 955 g/mol. The second kappa shape index (κ2) is 52.0. The van der Waals surface area contributed by atoms with Crippen molar-refractivity contribution in [1.29, 1.82) is 0 Å². The lowest BCUT2D eigenvalue weighted by atomic mass is 9.99. The monoisotopic (exact) mass is 1060 g/mol. The van der Waals surface area contributed by atoms with Gasteiger partial charge in [0.25, 0.3) is 0 Å². The quantitative estimate of drug-likeness (QED) is 0.0195. The van der Waals surface area contributed by atoms with Crippen LogP contribution in [0.2, 0.25) is 0 Å². The van der Waals surface area contributed by atoms with E-state index in [1.807, 2.05) is 6.08 Å². The Morgan fingerprint density at radius 3 is 1.45 bits per heavy atom. The lowest BCUT2D eigenvalue weighted by molar-refractivity contribution is -0.305. The fourth-order valence-electron chi connectivity index (χ4n) is 8.62. The molecule has 11 nitrogen and oxygen atoms in total. The molecule has 8 atom stereocenters. The number of nitrogens with one attached hydrogen (secondary N) is 1.